The van der Waals surface area contributed by atoms with E-state index in [-0.39, 0.29) is 6.54 Å². The first-order chi connectivity index (χ1) is 12.0. The van der Waals surface area contributed by atoms with Gasteiger partial charge in [0.05, 0.1) is 5.69 Å². The highest BCUT2D eigenvalue weighted by Gasteiger charge is 2.42. The van der Waals surface area contributed by atoms with Crippen LogP contribution in [0.5, 0.6) is 0 Å². The zero-order valence-corrected chi connectivity index (χ0v) is 14.2. The van der Waals surface area contributed by atoms with Crippen molar-refractivity contribution in [2.24, 2.45) is 0 Å². The van der Waals surface area contributed by atoms with E-state index in [9.17, 15) is 10.2 Å². The van der Waals surface area contributed by atoms with Gasteiger partial charge in [-0.1, -0.05) is 35.5 Å². The van der Waals surface area contributed by atoms with Crippen molar-refractivity contribution >= 4 is 16.9 Å². The van der Waals surface area contributed by atoms with Crippen LogP contribution in [0.15, 0.2) is 34.9 Å². The Morgan fingerprint density at radius 1 is 1.20 bits per heavy atom. The number of rotatable bonds is 2. The topological polar surface area (TPSA) is 95.5 Å². The number of nitrogens with zero attached hydrogens (tertiary/aromatic N) is 4. The van der Waals surface area contributed by atoms with Crippen molar-refractivity contribution in [2.45, 2.75) is 32.0 Å². The summed E-state index contributed by atoms with van der Waals surface area (Å²) in [5.41, 5.74) is 0.622. The zero-order chi connectivity index (χ0) is 17.6. The number of hydrogen-bond acceptors (Lipinski definition) is 7. The van der Waals surface area contributed by atoms with E-state index >= 15 is 0 Å². The van der Waals surface area contributed by atoms with Gasteiger partial charge in [0.25, 0.3) is 5.71 Å². The minimum Gasteiger partial charge on any atom is -0.388 e. The molecule has 4 rings (SSSR count). The molecule has 130 valence electrons. The summed E-state index contributed by atoms with van der Waals surface area (Å²) in [4.78, 5) is 10.8. The van der Waals surface area contributed by atoms with Gasteiger partial charge in [-0.3, -0.25) is 0 Å². The van der Waals surface area contributed by atoms with E-state index in [0.717, 1.165) is 10.9 Å². The second-order valence-electron chi connectivity index (χ2n) is 6.54. The lowest BCUT2D eigenvalue weighted by atomic mass is 9.82. The van der Waals surface area contributed by atoms with Gasteiger partial charge in [-0.2, -0.15) is 4.98 Å². The number of aryl methyl sites for hydroxylation is 2. The van der Waals surface area contributed by atoms with E-state index in [0.29, 0.717) is 36.0 Å². The smallest absolute Gasteiger partial charge is 0.263 e. The number of aliphatic hydroxyl groups is 2. The molecule has 0 aliphatic carbocycles. The number of anilines is 1. The average molecular weight is 340 g/mol. The van der Waals surface area contributed by atoms with Crippen LogP contribution in [0.1, 0.15) is 23.5 Å². The Bertz CT molecular complexity index is 911. The molecule has 3 aromatic rings. The molecule has 7 heteroatoms. The lowest BCUT2D eigenvalue weighted by Gasteiger charge is -2.43. The van der Waals surface area contributed by atoms with Crippen molar-refractivity contribution in [1.29, 1.82) is 0 Å². The molecule has 2 aromatic heterocycles. The minimum atomic E-state index is -1.26. The van der Waals surface area contributed by atoms with Crippen LogP contribution in [0.2, 0.25) is 0 Å². The van der Waals surface area contributed by atoms with Crippen molar-refractivity contribution in [3.05, 3.63) is 47.4 Å². The average Bonchev–Trinajstić information content (AvgIpc) is 2.98. The molecular formula is C18H20N4O3. The van der Waals surface area contributed by atoms with E-state index in [1.165, 1.54) is 0 Å². The highest BCUT2D eigenvalue weighted by atomic mass is 16.5. The second kappa shape index (κ2) is 5.79. The Labute approximate surface area is 144 Å². The number of β-amino-alcohol motifs (C(OH)–C–C–N with tert-alkyl or cyclic N) is 1. The molecular weight excluding hydrogens is 320 g/mol. The summed E-state index contributed by atoms with van der Waals surface area (Å²) >= 11 is 0. The Morgan fingerprint density at radius 3 is 2.68 bits per heavy atom. The SMILES string of the molecule is Cc1nc(N2CC[C@](O)(c3ccccc3)[C@@H](O)C2)c2c(C)noc2n1. The quantitative estimate of drug-likeness (QED) is 0.733. The molecule has 1 aromatic carbocycles. The lowest BCUT2D eigenvalue weighted by molar-refractivity contribution is -0.0917. The van der Waals surface area contributed by atoms with Crippen LogP contribution < -0.4 is 4.90 Å². The van der Waals surface area contributed by atoms with E-state index in [1.54, 1.807) is 6.92 Å². The molecule has 0 saturated carbocycles. The number of aromatic nitrogens is 3. The van der Waals surface area contributed by atoms with E-state index in [1.807, 2.05) is 42.2 Å². The number of benzene rings is 1. The summed E-state index contributed by atoms with van der Waals surface area (Å²) in [5, 5.41) is 26.4. The lowest BCUT2D eigenvalue weighted by Crippen LogP contribution is -2.54. The van der Waals surface area contributed by atoms with Gasteiger partial charge in [0, 0.05) is 19.5 Å². The third-order valence-corrected chi connectivity index (χ3v) is 4.88. The van der Waals surface area contributed by atoms with Crippen LogP contribution in [0, 0.1) is 13.8 Å². The minimum absolute atomic E-state index is 0.265. The van der Waals surface area contributed by atoms with Crippen LogP contribution >= 0.6 is 0 Å². The van der Waals surface area contributed by atoms with E-state index in [4.69, 9.17) is 4.52 Å². The molecule has 0 unspecified atom stereocenters. The first kappa shape index (κ1) is 16.0. The molecule has 2 N–H and O–H groups in total. The fourth-order valence-corrected chi connectivity index (χ4v) is 3.48. The summed E-state index contributed by atoms with van der Waals surface area (Å²) in [6.07, 6.45) is -0.540. The fourth-order valence-electron chi connectivity index (χ4n) is 3.48. The molecule has 7 nitrogen and oxygen atoms in total. The first-order valence-corrected chi connectivity index (χ1v) is 8.30. The molecule has 0 amide bonds. The van der Waals surface area contributed by atoms with Gasteiger partial charge in [0.1, 0.15) is 28.7 Å². The van der Waals surface area contributed by atoms with Gasteiger partial charge in [-0.15, -0.1) is 0 Å². The molecule has 2 atom stereocenters. The Kier molecular flexibility index (Phi) is 3.70. The van der Waals surface area contributed by atoms with Crippen molar-refractivity contribution in [2.75, 3.05) is 18.0 Å². The Balaban J connectivity index is 1.69. The number of piperidine rings is 1. The molecule has 3 heterocycles. The summed E-state index contributed by atoms with van der Waals surface area (Å²) in [6.45, 7) is 4.45. The molecule has 25 heavy (non-hydrogen) atoms. The van der Waals surface area contributed by atoms with Crippen molar-refractivity contribution in [1.82, 2.24) is 15.1 Å². The second-order valence-corrected chi connectivity index (χ2v) is 6.54. The summed E-state index contributed by atoms with van der Waals surface area (Å²) in [5.74, 6) is 1.27. The normalized spacial score (nSPS) is 24.0. The van der Waals surface area contributed by atoms with Crippen LogP contribution in [0.25, 0.3) is 11.1 Å². The maximum absolute atomic E-state index is 11.0. The fraction of sp³-hybridized carbons (Fsp3) is 0.389. The van der Waals surface area contributed by atoms with Crippen LogP contribution in [0.3, 0.4) is 0 Å². The van der Waals surface area contributed by atoms with Crippen molar-refractivity contribution in [3.63, 3.8) is 0 Å². The zero-order valence-electron chi connectivity index (χ0n) is 14.2. The summed E-state index contributed by atoms with van der Waals surface area (Å²) < 4.78 is 5.26. The summed E-state index contributed by atoms with van der Waals surface area (Å²) in [6, 6.07) is 9.31. The third-order valence-electron chi connectivity index (χ3n) is 4.88. The van der Waals surface area contributed by atoms with Gasteiger partial charge in [0.2, 0.25) is 0 Å². The molecule has 0 spiro atoms. The van der Waals surface area contributed by atoms with Gasteiger partial charge < -0.3 is 19.6 Å². The monoisotopic (exact) mass is 340 g/mol. The van der Waals surface area contributed by atoms with Gasteiger partial charge in [-0.25, -0.2) is 4.98 Å². The predicted octanol–water partition coefficient (Wildman–Crippen LogP) is 1.69. The van der Waals surface area contributed by atoms with E-state index < -0.39 is 11.7 Å². The summed E-state index contributed by atoms with van der Waals surface area (Å²) in [7, 11) is 0. The van der Waals surface area contributed by atoms with Crippen molar-refractivity contribution < 1.29 is 14.7 Å². The van der Waals surface area contributed by atoms with Crippen LogP contribution in [0.4, 0.5) is 5.82 Å². The van der Waals surface area contributed by atoms with Gasteiger partial charge >= 0.3 is 0 Å². The van der Waals surface area contributed by atoms with Crippen LogP contribution in [-0.4, -0.2) is 44.5 Å². The largest absolute Gasteiger partial charge is 0.388 e. The van der Waals surface area contributed by atoms with Crippen LogP contribution in [-0.2, 0) is 5.60 Å². The molecule has 0 bridgehead atoms. The maximum Gasteiger partial charge on any atom is 0.263 e. The highest BCUT2D eigenvalue weighted by Crippen LogP contribution is 2.36. The van der Waals surface area contributed by atoms with E-state index in [2.05, 4.69) is 15.1 Å². The predicted molar refractivity (Wildman–Crippen MR) is 92.2 cm³/mol. The number of aliphatic hydroxyl groups excluding tert-OH is 1. The highest BCUT2D eigenvalue weighted by molar-refractivity contribution is 5.88. The molecule has 1 saturated heterocycles. The van der Waals surface area contributed by atoms with Gasteiger partial charge in [0.15, 0.2) is 0 Å². The first-order valence-electron chi connectivity index (χ1n) is 8.30. The molecule has 1 aliphatic rings. The standard InChI is InChI=1S/C18H20N4O3/c1-11-15-16(19-12(2)20-17(15)25-21-11)22-9-8-18(24,14(23)10-22)13-6-4-3-5-7-13/h3-7,14,23-24H,8-10H2,1-2H3/t14-,18-/m0/s1. The molecule has 0 radical (unpaired) electrons. The maximum atomic E-state index is 11.0. The van der Waals surface area contributed by atoms with Crippen molar-refractivity contribution in [3.8, 4) is 0 Å². The molecule has 1 aliphatic heterocycles. The number of hydrogen-bond donors (Lipinski definition) is 2. The van der Waals surface area contributed by atoms with Gasteiger partial charge in [-0.05, 0) is 19.4 Å². The third kappa shape index (κ3) is 2.56. The number of fused-ring (bicyclic) bond motifs is 1. The Hall–Kier alpha value is -2.51. The Morgan fingerprint density at radius 2 is 1.96 bits per heavy atom. The molecule has 1 fully saturated rings.